The Bertz CT molecular complexity index is 644. The lowest BCUT2D eigenvalue weighted by atomic mass is 10.2. The number of rotatable bonds is 5. The topological polar surface area (TPSA) is 79.3 Å². The number of hydrogen-bond acceptors (Lipinski definition) is 4. The van der Waals surface area contributed by atoms with Crippen molar-refractivity contribution in [3.8, 4) is 0 Å². The molecule has 1 heterocycles. The van der Waals surface area contributed by atoms with Gasteiger partial charge in [0.15, 0.2) is 0 Å². The minimum Gasteiger partial charge on any atom is -0.481 e. The van der Waals surface area contributed by atoms with Gasteiger partial charge in [-0.05, 0) is 36.4 Å². The Morgan fingerprint density at radius 2 is 1.90 bits per heavy atom. The van der Waals surface area contributed by atoms with Crippen LogP contribution in [0.3, 0.4) is 0 Å². The first kappa shape index (κ1) is 15.3. The first-order chi connectivity index (χ1) is 10.0. The maximum atomic E-state index is 12.0. The average molecular weight is 323 g/mol. The molecular formula is C14H11ClN2O3S. The minimum atomic E-state index is -0.901. The number of hydrogen-bond donors (Lipinski definition) is 2. The summed E-state index contributed by atoms with van der Waals surface area (Å²) in [6.07, 6.45) is 1.48. The molecule has 0 atom stereocenters. The summed E-state index contributed by atoms with van der Waals surface area (Å²) in [5.41, 5.74) is 1.03. The number of benzene rings is 1. The molecule has 0 aliphatic rings. The molecule has 0 saturated carbocycles. The van der Waals surface area contributed by atoms with Gasteiger partial charge in [-0.15, -0.1) is 0 Å². The van der Waals surface area contributed by atoms with E-state index in [0.717, 1.165) is 11.8 Å². The second-order valence-corrected chi connectivity index (χ2v) is 5.46. The van der Waals surface area contributed by atoms with Crippen molar-refractivity contribution in [3.05, 3.63) is 53.2 Å². The summed E-state index contributed by atoms with van der Waals surface area (Å²) in [5.74, 6) is -1.22. The van der Waals surface area contributed by atoms with Crippen LogP contribution < -0.4 is 5.32 Å². The molecule has 2 N–H and O–H groups in total. The van der Waals surface area contributed by atoms with Gasteiger partial charge in [0.1, 0.15) is 0 Å². The SMILES string of the molecule is O=C(O)CSc1ccc(NC(=O)c2ccc(Cl)cc2)cn1. The monoisotopic (exact) mass is 322 g/mol. The van der Waals surface area contributed by atoms with Crippen molar-refractivity contribution in [2.24, 2.45) is 0 Å². The standard InChI is InChI=1S/C14H11ClN2O3S/c15-10-3-1-9(2-4-10)14(20)17-11-5-6-12(16-7-11)21-8-13(18)19/h1-7H,8H2,(H,17,20)(H,18,19). The zero-order valence-electron chi connectivity index (χ0n) is 10.7. The number of aromatic nitrogens is 1. The van der Waals surface area contributed by atoms with Crippen LogP contribution in [0.5, 0.6) is 0 Å². The lowest BCUT2D eigenvalue weighted by Gasteiger charge is -2.05. The molecule has 0 saturated heterocycles. The van der Waals surface area contributed by atoms with Crippen LogP contribution in [-0.2, 0) is 4.79 Å². The van der Waals surface area contributed by atoms with Crippen LogP contribution in [0.25, 0.3) is 0 Å². The number of nitrogens with one attached hydrogen (secondary N) is 1. The van der Waals surface area contributed by atoms with Crippen LogP contribution in [0.4, 0.5) is 5.69 Å². The van der Waals surface area contributed by atoms with Gasteiger partial charge in [0.25, 0.3) is 5.91 Å². The summed E-state index contributed by atoms with van der Waals surface area (Å²) in [5, 5.41) is 12.4. The van der Waals surface area contributed by atoms with E-state index in [-0.39, 0.29) is 11.7 Å². The van der Waals surface area contributed by atoms with E-state index in [0.29, 0.717) is 21.3 Å². The lowest BCUT2D eigenvalue weighted by molar-refractivity contribution is -0.133. The zero-order valence-corrected chi connectivity index (χ0v) is 12.3. The number of aliphatic carboxylic acids is 1. The highest BCUT2D eigenvalue weighted by Gasteiger charge is 2.07. The fourth-order valence-corrected chi connectivity index (χ4v) is 2.17. The lowest BCUT2D eigenvalue weighted by Crippen LogP contribution is -2.11. The van der Waals surface area contributed by atoms with E-state index in [1.54, 1.807) is 36.4 Å². The number of pyridine rings is 1. The molecule has 7 heteroatoms. The number of thioether (sulfide) groups is 1. The Labute approximate surface area is 130 Å². The fourth-order valence-electron chi connectivity index (χ4n) is 1.48. The Hall–Kier alpha value is -2.05. The van der Waals surface area contributed by atoms with Crippen LogP contribution in [-0.4, -0.2) is 27.7 Å². The van der Waals surface area contributed by atoms with Crippen molar-refractivity contribution < 1.29 is 14.7 Å². The third kappa shape index (κ3) is 4.77. The van der Waals surface area contributed by atoms with Crippen LogP contribution in [0, 0.1) is 0 Å². The van der Waals surface area contributed by atoms with Crippen LogP contribution in [0.15, 0.2) is 47.6 Å². The minimum absolute atomic E-state index is 0.0521. The molecule has 0 unspecified atom stereocenters. The van der Waals surface area contributed by atoms with Crippen LogP contribution in [0.2, 0.25) is 5.02 Å². The summed E-state index contributed by atoms with van der Waals surface area (Å²) in [7, 11) is 0. The number of carbonyl (C=O) groups excluding carboxylic acids is 1. The second-order valence-electron chi connectivity index (χ2n) is 4.03. The van der Waals surface area contributed by atoms with Gasteiger partial charge in [0.05, 0.1) is 22.7 Å². The summed E-state index contributed by atoms with van der Waals surface area (Å²) in [6, 6.07) is 9.86. The first-order valence-electron chi connectivity index (χ1n) is 5.92. The number of halogens is 1. The zero-order chi connectivity index (χ0) is 15.2. The van der Waals surface area contributed by atoms with Crippen molar-refractivity contribution in [2.75, 3.05) is 11.1 Å². The van der Waals surface area contributed by atoms with Gasteiger partial charge in [0.2, 0.25) is 0 Å². The molecule has 108 valence electrons. The highest BCUT2D eigenvalue weighted by Crippen LogP contribution is 2.17. The molecule has 2 rings (SSSR count). The smallest absolute Gasteiger partial charge is 0.313 e. The second kappa shape index (κ2) is 7.10. The molecule has 0 spiro atoms. The molecule has 21 heavy (non-hydrogen) atoms. The highest BCUT2D eigenvalue weighted by atomic mass is 35.5. The van der Waals surface area contributed by atoms with Gasteiger partial charge in [-0.3, -0.25) is 9.59 Å². The number of carboxylic acid groups (broad SMARTS) is 1. The van der Waals surface area contributed by atoms with Crippen LogP contribution >= 0.6 is 23.4 Å². The van der Waals surface area contributed by atoms with E-state index in [1.807, 2.05) is 0 Å². The predicted octanol–water partition coefficient (Wildman–Crippen LogP) is 3.16. The predicted molar refractivity (Wildman–Crippen MR) is 82.0 cm³/mol. The number of carbonyl (C=O) groups is 2. The molecule has 1 aromatic heterocycles. The molecule has 0 radical (unpaired) electrons. The Kier molecular flexibility index (Phi) is 5.19. The third-order valence-corrected chi connectivity index (χ3v) is 3.62. The largest absolute Gasteiger partial charge is 0.481 e. The molecule has 0 aliphatic carbocycles. The van der Waals surface area contributed by atoms with E-state index < -0.39 is 5.97 Å². The molecule has 5 nitrogen and oxygen atoms in total. The van der Waals surface area contributed by atoms with E-state index in [9.17, 15) is 9.59 Å². The Morgan fingerprint density at radius 3 is 2.48 bits per heavy atom. The van der Waals surface area contributed by atoms with Gasteiger partial charge < -0.3 is 10.4 Å². The van der Waals surface area contributed by atoms with Crippen molar-refractivity contribution in [1.82, 2.24) is 4.98 Å². The van der Waals surface area contributed by atoms with Crippen LogP contribution in [0.1, 0.15) is 10.4 Å². The summed E-state index contributed by atoms with van der Waals surface area (Å²) in [6.45, 7) is 0. The summed E-state index contributed by atoms with van der Waals surface area (Å²) < 4.78 is 0. The van der Waals surface area contributed by atoms with E-state index in [4.69, 9.17) is 16.7 Å². The van der Waals surface area contributed by atoms with E-state index >= 15 is 0 Å². The van der Waals surface area contributed by atoms with Crippen molar-refractivity contribution >= 4 is 40.9 Å². The molecule has 0 aliphatic heterocycles. The first-order valence-corrected chi connectivity index (χ1v) is 7.28. The maximum absolute atomic E-state index is 12.0. The van der Waals surface area contributed by atoms with Gasteiger partial charge in [0, 0.05) is 10.6 Å². The van der Waals surface area contributed by atoms with Crippen molar-refractivity contribution in [1.29, 1.82) is 0 Å². The number of anilines is 1. The normalized spacial score (nSPS) is 10.1. The maximum Gasteiger partial charge on any atom is 0.313 e. The summed E-state index contributed by atoms with van der Waals surface area (Å²) in [4.78, 5) is 26.5. The quantitative estimate of drug-likeness (QED) is 0.827. The van der Waals surface area contributed by atoms with Gasteiger partial charge in [-0.25, -0.2) is 4.98 Å². The fraction of sp³-hybridized carbons (Fsp3) is 0.0714. The molecular weight excluding hydrogens is 312 g/mol. The van der Waals surface area contributed by atoms with Gasteiger partial charge >= 0.3 is 5.97 Å². The molecule has 0 bridgehead atoms. The highest BCUT2D eigenvalue weighted by molar-refractivity contribution is 7.99. The van der Waals surface area contributed by atoms with Gasteiger partial charge in [-0.1, -0.05) is 23.4 Å². The van der Waals surface area contributed by atoms with E-state index in [2.05, 4.69) is 10.3 Å². The average Bonchev–Trinajstić information content (AvgIpc) is 2.47. The molecule has 2 aromatic rings. The Morgan fingerprint density at radius 1 is 1.19 bits per heavy atom. The van der Waals surface area contributed by atoms with E-state index in [1.165, 1.54) is 6.20 Å². The number of amides is 1. The molecule has 1 amide bonds. The van der Waals surface area contributed by atoms with Crippen molar-refractivity contribution in [2.45, 2.75) is 5.03 Å². The number of nitrogens with zero attached hydrogens (tertiary/aromatic N) is 1. The van der Waals surface area contributed by atoms with Crippen molar-refractivity contribution in [3.63, 3.8) is 0 Å². The third-order valence-electron chi connectivity index (χ3n) is 2.44. The van der Waals surface area contributed by atoms with Gasteiger partial charge in [-0.2, -0.15) is 0 Å². The molecule has 0 fully saturated rings. The number of carboxylic acids is 1. The summed E-state index contributed by atoms with van der Waals surface area (Å²) >= 11 is 6.88. The Balaban J connectivity index is 1.98. The molecule has 1 aromatic carbocycles.